The van der Waals surface area contributed by atoms with Gasteiger partial charge in [0.2, 0.25) is 5.91 Å². The zero-order chi connectivity index (χ0) is 15.3. The van der Waals surface area contributed by atoms with Crippen LogP contribution in [0.25, 0.3) is 0 Å². The van der Waals surface area contributed by atoms with Crippen LogP contribution in [0.4, 0.5) is 0 Å². The van der Waals surface area contributed by atoms with Crippen LogP contribution in [0, 0.1) is 17.8 Å². The summed E-state index contributed by atoms with van der Waals surface area (Å²) >= 11 is 0. The Morgan fingerprint density at radius 1 is 1.14 bits per heavy atom. The molecule has 2 heterocycles. The second-order valence-electron chi connectivity index (χ2n) is 7.69. The third kappa shape index (κ3) is 2.45. The molecule has 3 nitrogen and oxygen atoms in total. The summed E-state index contributed by atoms with van der Waals surface area (Å²) in [5.74, 6) is 3.09. The molecule has 4 rings (SSSR count). The Morgan fingerprint density at radius 3 is 2.36 bits per heavy atom. The first-order valence-electron chi connectivity index (χ1n) is 8.73. The molecule has 0 spiro atoms. The van der Waals surface area contributed by atoms with E-state index in [9.17, 15) is 4.79 Å². The normalized spacial score (nSPS) is 33.3. The van der Waals surface area contributed by atoms with Gasteiger partial charge in [0.1, 0.15) is 0 Å². The molecule has 3 aliphatic rings. The van der Waals surface area contributed by atoms with Crippen molar-refractivity contribution in [3.8, 4) is 0 Å². The number of benzene rings is 1. The summed E-state index contributed by atoms with van der Waals surface area (Å²) in [5, 5.41) is 3.44. The van der Waals surface area contributed by atoms with Crippen molar-refractivity contribution in [1.29, 1.82) is 0 Å². The molecule has 3 heteroatoms. The molecule has 4 atom stereocenters. The minimum absolute atomic E-state index is 0.247. The Bertz CT molecular complexity index is 553. The zero-order valence-corrected chi connectivity index (χ0v) is 13.6. The highest BCUT2D eigenvalue weighted by Crippen LogP contribution is 2.49. The van der Waals surface area contributed by atoms with E-state index >= 15 is 0 Å². The number of likely N-dealkylation sites (tertiary alicyclic amines) is 1. The Morgan fingerprint density at radius 2 is 1.77 bits per heavy atom. The topological polar surface area (TPSA) is 32.3 Å². The zero-order valence-electron chi connectivity index (χ0n) is 13.6. The van der Waals surface area contributed by atoms with Crippen molar-refractivity contribution in [2.75, 3.05) is 26.2 Å². The van der Waals surface area contributed by atoms with E-state index in [0.29, 0.717) is 29.6 Å². The summed E-state index contributed by atoms with van der Waals surface area (Å²) in [6.07, 6.45) is 1.05. The Hall–Kier alpha value is -1.35. The van der Waals surface area contributed by atoms with Gasteiger partial charge in [-0.2, -0.15) is 0 Å². The molecule has 1 amide bonds. The molecular formula is C19H26N2O. The van der Waals surface area contributed by atoms with Gasteiger partial charge in [-0.15, -0.1) is 0 Å². The van der Waals surface area contributed by atoms with Crippen LogP contribution < -0.4 is 5.32 Å². The van der Waals surface area contributed by atoms with Crippen molar-refractivity contribution < 1.29 is 4.79 Å². The first-order valence-corrected chi connectivity index (χ1v) is 8.73. The highest BCUT2D eigenvalue weighted by Gasteiger charge is 2.48. The molecule has 1 N–H and O–H groups in total. The quantitative estimate of drug-likeness (QED) is 0.930. The van der Waals surface area contributed by atoms with Gasteiger partial charge >= 0.3 is 0 Å². The monoisotopic (exact) mass is 298 g/mol. The molecule has 1 aromatic rings. The van der Waals surface area contributed by atoms with Crippen LogP contribution in [0.1, 0.15) is 43.2 Å². The molecule has 0 bridgehead atoms. The van der Waals surface area contributed by atoms with Crippen molar-refractivity contribution in [2.24, 2.45) is 17.8 Å². The van der Waals surface area contributed by atoms with Crippen LogP contribution in [-0.4, -0.2) is 37.0 Å². The molecule has 118 valence electrons. The third-order valence-electron chi connectivity index (χ3n) is 5.84. The van der Waals surface area contributed by atoms with Crippen LogP contribution in [-0.2, 0) is 4.79 Å². The van der Waals surface area contributed by atoms with Crippen molar-refractivity contribution in [1.82, 2.24) is 10.2 Å². The summed E-state index contributed by atoms with van der Waals surface area (Å²) in [7, 11) is 0. The average Bonchev–Trinajstić information content (AvgIpc) is 3.02. The SMILES string of the molecule is CC(C)c1ccc(C2CC2C(=O)N2C[C@H]3CNC[C@H]3C2)cc1. The summed E-state index contributed by atoms with van der Waals surface area (Å²) in [6, 6.07) is 8.92. The van der Waals surface area contributed by atoms with E-state index in [1.807, 2.05) is 0 Å². The molecular weight excluding hydrogens is 272 g/mol. The summed E-state index contributed by atoms with van der Waals surface area (Å²) < 4.78 is 0. The maximum Gasteiger partial charge on any atom is 0.226 e. The Labute approximate surface area is 133 Å². The molecule has 1 saturated carbocycles. The van der Waals surface area contributed by atoms with Crippen molar-refractivity contribution in [2.45, 2.75) is 32.1 Å². The molecule has 22 heavy (non-hydrogen) atoms. The fourth-order valence-electron chi connectivity index (χ4n) is 4.23. The lowest BCUT2D eigenvalue weighted by Crippen LogP contribution is -2.33. The molecule has 2 aliphatic heterocycles. The smallest absolute Gasteiger partial charge is 0.226 e. The first-order chi connectivity index (χ1) is 10.6. The highest BCUT2D eigenvalue weighted by atomic mass is 16.2. The van der Waals surface area contributed by atoms with Gasteiger partial charge in [-0.05, 0) is 41.2 Å². The first kappa shape index (κ1) is 14.3. The third-order valence-corrected chi connectivity index (χ3v) is 5.84. The fraction of sp³-hybridized carbons (Fsp3) is 0.632. The molecule has 1 aromatic carbocycles. The van der Waals surface area contributed by atoms with Crippen LogP contribution in [0.3, 0.4) is 0 Å². The number of carbonyl (C=O) groups is 1. The summed E-state index contributed by atoms with van der Waals surface area (Å²) in [4.78, 5) is 14.8. The van der Waals surface area contributed by atoms with Crippen molar-refractivity contribution in [3.05, 3.63) is 35.4 Å². The molecule has 0 aromatic heterocycles. The molecule has 2 unspecified atom stereocenters. The van der Waals surface area contributed by atoms with E-state index in [4.69, 9.17) is 0 Å². The van der Waals surface area contributed by atoms with E-state index in [2.05, 4.69) is 48.3 Å². The van der Waals surface area contributed by atoms with Gasteiger partial charge in [0, 0.05) is 32.1 Å². The van der Waals surface area contributed by atoms with Gasteiger partial charge < -0.3 is 10.2 Å². The Balaban J connectivity index is 1.38. The van der Waals surface area contributed by atoms with Crippen LogP contribution >= 0.6 is 0 Å². The van der Waals surface area contributed by atoms with E-state index in [1.54, 1.807) is 0 Å². The number of carbonyl (C=O) groups excluding carboxylic acids is 1. The number of hydrogen-bond donors (Lipinski definition) is 1. The van der Waals surface area contributed by atoms with Gasteiger partial charge in [0.15, 0.2) is 0 Å². The maximum absolute atomic E-state index is 12.7. The van der Waals surface area contributed by atoms with E-state index < -0.39 is 0 Å². The molecule has 1 aliphatic carbocycles. The van der Waals surface area contributed by atoms with E-state index in [1.165, 1.54) is 11.1 Å². The minimum atomic E-state index is 0.247. The van der Waals surface area contributed by atoms with E-state index in [0.717, 1.165) is 32.6 Å². The predicted octanol–water partition coefficient (Wildman–Crippen LogP) is 2.59. The van der Waals surface area contributed by atoms with Gasteiger partial charge in [0.25, 0.3) is 0 Å². The lowest BCUT2D eigenvalue weighted by molar-refractivity contribution is -0.131. The molecule has 2 saturated heterocycles. The van der Waals surface area contributed by atoms with Crippen LogP contribution in [0.2, 0.25) is 0 Å². The number of hydrogen-bond acceptors (Lipinski definition) is 2. The molecule has 0 radical (unpaired) electrons. The number of fused-ring (bicyclic) bond motifs is 1. The highest BCUT2D eigenvalue weighted by molar-refractivity contribution is 5.83. The minimum Gasteiger partial charge on any atom is -0.342 e. The summed E-state index contributed by atoms with van der Waals surface area (Å²) in [5.41, 5.74) is 2.73. The Kier molecular flexibility index (Phi) is 3.48. The number of amides is 1. The van der Waals surface area contributed by atoms with Gasteiger partial charge in [-0.3, -0.25) is 4.79 Å². The lowest BCUT2D eigenvalue weighted by atomic mass is 10.00. The van der Waals surface area contributed by atoms with Gasteiger partial charge in [0.05, 0.1) is 0 Å². The second kappa shape index (κ2) is 5.38. The average molecular weight is 298 g/mol. The fourth-order valence-corrected chi connectivity index (χ4v) is 4.23. The number of rotatable bonds is 3. The summed E-state index contributed by atoms with van der Waals surface area (Å²) in [6.45, 7) is 8.59. The molecule has 3 fully saturated rings. The largest absolute Gasteiger partial charge is 0.342 e. The van der Waals surface area contributed by atoms with E-state index in [-0.39, 0.29) is 5.92 Å². The van der Waals surface area contributed by atoms with Gasteiger partial charge in [-0.1, -0.05) is 38.1 Å². The van der Waals surface area contributed by atoms with Crippen LogP contribution in [0.5, 0.6) is 0 Å². The van der Waals surface area contributed by atoms with Crippen molar-refractivity contribution >= 4 is 5.91 Å². The van der Waals surface area contributed by atoms with Crippen molar-refractivity contribution in [3.63, 3.8) is 0 Å². The lowest BCUT2D eigenvalue weighted by Gasteiger charge is -2.17. The standard InChI is InChI=1S/C19H26N2O/c1-12(2)13-3-5-14(6-4-13)17-7-18(17)19(22)21-10-15-8-20-9-16(15)11-21/h3-6,12,15-18,20H,7-11H2,1-2H3/t15-,16+,17?,18?. The van der Waals surface area contributed by atoms with Gasteiger partial charge in [-0.25, -0.2) is 0 Å². The predicted molar refractivity (Wildman–Crippen MR) is 87.8 cm³/mol. The number of nitrogens with zero attached hydrogens (tertiary/aromatic N) is 1. The maximum atomic E-state index is 12.7. The number of nitrogens with one attached hydrogen (secondary N) is 1. The second-order valence-corrected chi connectivity index (χ2v) is 7.69. The van der Waals surface area contributed by atoms with Crippen LogP contribution in [0.15, 0.2) is 24.3 Å².